The van der Waals surface area contributed by atoms with Crippen LogP contribution in [0.15, 0.2) is 206 Å². The molecule has 4 heteroatoms. The summed E-state index contributed by atoms with van der Waals surface area (Å²) in [6.07, 6.45) is 0. The van der Waals surface area contributed by atoms with Crippen molar-refractivity contribution in [2.45, 2.75) is 19.3 Å². The number of nitrogens with zero attached hydrogens (tertiary/aromatic N) is 4. The summed E-state index contributed by atoms with van der Waals surface area (Å²) in [5.74, 6) is 1.86. The fourth-order valence-corrected chi connectivity index (χ4v) is 10.5. The molecule has 0 aliphatic heterocycles. The number of hydrogen-bond acceptors (Lipinski definition) is 3. The van der Waals surface area contributed by atoms with Crippen molar-refractivity contribution in [1.29, 1.82) is 0 Å². The summed E-state index contributed by atoms with van der Waals surface area (Å²) in [6.45, 7) is 4.68. The van der Waals surface area contributed by atoms with E-state index in [-0.39, 0.29) is 5.41 Å². The van der Waals surface area contributed by atoms with Gasteiger partial charge in [0.1, 0.15) is 0 Å². The first-order valence-corrected chi connectivity index (χ1v) is 22.0. The molecule has 0 unspecified atom stereocenters. The van der Waals surface area contributed by atoms with Crippen molar-refractivity contribution in [2.75, 3.05) is 0 Å². The van der Waals surface area contributed by atoms with Gasteiger partial charge < -0.3 is 0 Å². The van der Waals surface area contributed by atoms with Crippen LogP contribution in [0.3, 0.4) is 0 Å². The van der Waals surface area contributed by atoms with Crippen molar-refractivity contribution < 1.29 is 0 Å². The van der Waals surface area contributed by atoms with Crippen LogP contribution >= 0.6 is 0 Å². The molecule has 2 aromatic heterocycles. The molecule has 64 heavy (non-hydrogen) atoms. The smallest absolute Gasteiger partial charge is 0.238 e. The van der Waals surface area contributed by atoms with Gasteiger partial charge in [0.05, 0.1) is 11.0 Å². The molecule has 10 aromatic carbocycles. The molecule has 0 amide bonds. The minimum absolute atomic E-state index is 0.182. The monoisotopic (exact) mass is 816 g/mol. The lowest BCUT2D eigenvalue weighted by molar-refractivity contribution is 0.661. The van der Waals surface area contributed by atoms with Gasteiger partial charge in [-0.25, -0.2) is 4.98 Å². The normalized spacial score (nSPS) is 13.0. The fraction of sp³-hybridized carbons (Fsp3) is 0.0500. The van der Waals surface area contributed by atoms with E-state index in [1.165, 1.54) is 65.7 Å². The number of fused-ring (bicyclic) bond motifs is 12. The Morgan fingerprint density at radius 3 is 1.44 bits per heavy atom. The Morgan fingerprint density at radius 1 is 0.312 bits per heavy atom. The zero-order chi connectivity index (χ0) is 42.5. The third-order valence-electron chi connectivity index (χ3n) is 13.6. The van der Waals surface area contributed by atoms with Crippen LogP contribution in [-0.2, 0) is 5.41 Å². The van der Waals surface area contributed by atoms with Crippen LogP contribution in [-0.4, -0.2) is 19.5 Å². The summed E-state index contributed by atoms with van der Waals surface area (Å²) in [5, 5.41) is 9.99. The molecule has 0 saturated carbocycles. The van der Waals surface area contributed by atoms with E-state index in [1.807, 2.05) is 36.4 Å². The fourth-order valence-electron chi connectivity index (χ4n) is 10.5. The average Bonchev–Trinajstić information content (AvgIpc) is 3.80. The lowest BCUT2D eigenvalue weighted by atomic mass is 9.82. The van der Waals surface area contributed by atoms with Crippen LogP contribution in [0.25, 0.3) is 116 Å². The van der Waals surface area contributed by atoms with Crippen molar-refractivity contribution in [2.24, 2.45) is 0 Å². The quantitative estimate of drug-likeness (QED) is 0.163. The van der Waals surface area contributed by atoms with E-state index < -0.39 is 0 Å². The first-order chi connectivity index (χ1) is 31.5. The van der Waals surface area contributed by atoms with E-state index in [0.29, 0.717) is 17.6 Å². The van der Waals surface area contributed by atoms with Crippen LogP contribution < -0.4 is 0 Å². The van der Waals surface area contributed by atoms with E-state index >= 15 is 0 Å². The molecule has 13 rings (SSSR count). The highest BCUT2D eigenvalue weighted by Gasteiger charge is 2.36. The maximum absolute atomic E-state index is 5.26. The van der Waals surface area contributed by atoms with Gasteiger partial charge in [0, 0.05) is 27.3 Å². The average molecular weight is 817 g/mol. The second-order valence-electron chi connectivity index (χ2n) is 17.6. The first-order valence-electron chi connectivity index (χ1n) is 22.0. The van der Waals surface area contributed by atoms with Crippen molar-refractivity contribution >= 4 is 54.1 Å². The molecule has 0 spiro atoms. The summed E-state index contributed by atoms with van der Waals surface area (Å²) in [5.41, 5.74) is 13.7. The van der Waals surface area contributed by atoms with Crippen molar-refractivity contribution in [1.82, 2.24) is 19.5 Å². The van der Waals surface area contributed by atoms with Gasteiger partial charge in [-0.05, 0) is 113 Å². The molecule has 0 fully saturated rings. The lowest BCUT2D eigenvalue weighted by Gasteiger charge is -2.21. The largest absolute Gasteiger partial charge is 0.278 e. The van der Waals surface area contributed by atoms with Gasteiger partial charge in [-0.1, -0.05) is 184 Å². The second kappa shape index (κ2) is 13.9. The van der Waals surface area contributed by atoms with Gasteiger partial charge >= 0.3 is 0 Å². The Labute approximate surface area is 370 Å². The maximum atomic E-state index is 5.26. The highest BCUT2D eigenvalue weighted by molar-refractivity contribution is 6.25. The first kappa shape index (κ1) is 36.4. The zero-order valence-electron chi connectivity index (χ0n) is 35.4. The Bertz CT molecular complexity index is 3770. The van der Waals surface area contributed by atoms with Gasteiger partial charge in [-0.15, -0.1) is 0 Å². The zero-order valence-corrected chi connectivity index (χ0v) is 35.4. The molecular formula is C60H40N4. The Hall–Kier alpha value is -8.21. The van der Waals surface area contributed by atoms with Gasteiger partial charge in [-0.2, -0.15) is 9.97 Å². The number of hydrogen-bond donors (Lipinski definition) is 0. The summed E-state index contributed by atoms with van der Waals surface area (Å²) in [4.78, 5) is 15.6. The molecule has 0 bridgehead atoms. The van der Waals surface area contributed by atoms with Crippen LogP contribution in [0.5, 0.6) is 0 Å². The topological polar surface area (TPSA) is 43.6 Å². The summed E-state index contributed by atoms with van der Waals surface area (Å²) < 4.78 is 2.26. The predicted octanol–water partition coefficient (Wildman–Crippen LogP) is 15.4. The van der Waals surface area contributed by atoms with E-state index in [9.17, 15) is 0 Å². The van der Waals surface area contributed by atoms with Crippen molar-refractivity contribution in [3.8, 4) is 62.1 Å². The van der Waals surface area contributed by atoms with Gasteiger partial charge in [0.2, 0.25) is 5.95 Å². The number of benzene rings is 10. The van der Waals surface area contributed by atoms with E-state index in [2.05, 4.69) is 188 Å². The summed E-state index contributed by atoms with van der Waals surface area (Å²) >= 11 is 0. The number of rotatable bonds is 5. The standard InChI is InChI=1S/C60H40N4/c1-60(2)53-27-14-13-26-48(53)50-35-52-51-34-42(40-21-15-20-39(32-40)41-28-30-47-45-24-10-9-22-43(45)44-23-11-12-25-46(44)49(47)33-41)29-31-55(51)64(56(52)36-54(50)60)59-62-57(37-16-5-3-6-17-37)61-58(63-59)38-18-7-4-8-19-38/h3-36H,1-2H3. The van der Waals surface area contributed by atoms with Crippen LogP contribution in [0.1, 0.15) is 25.0 Å². The van der Waals surface area contributed by atoms with Gasteiger partial charge in [0.25, 0.3) is 0 Å². The Morgan fingerprint density at radius 2 is 0.797 bits per heavy atom. The van der Waals surface area contributed by atoms with Gasteiger partial charge in [-0.3, -0.25) is 4.57 Å². The predicted molar refractivity (Wildman–Crippen MR) is 266 cm³/mol. The van der Waals surface area contributed by atoms with Crippen LogP contribution in [0.4, 0.5) is 0 Å². The molecular weight excluding hydrogens is 777 g/mol. The van der Waals surface area contributed by atoms with Crippen LogP contribution in [0.2, 0.25) is 0 Å². The SMILES string of the molecule is CC1(C)c2ccccc2-c2cc3c4cc(-c5cccc(-c6ccc7c8ccccc8c8ccccc8c7c6)c5)ccc4n(-c4nc(-c5ccccc5)nc(-c5ccccc5)n4)c3cc21. The minimum atomic E-state index is -0.182. The summed E-state index contributed by atoms with van der Waals surface area (Å²) in [6, 6.07) is 74.5. The van der Waals surface area contributed by atoms with Gasteiger partial charge in [0.15, 0.2) is 11.6 Å². The van der Waals surface area contributed by atoms with E-state index in [4.69, 9.17) is 15.0 Å². The molecule has 2 heterocycles. The third-order valence-corrected chi connectivity index (χ3v) is 13.6. The molecule has 0 atom stereocenters. The third kappa shape index (κ3) is 5.52. The Balaban J connectivity index is 1.02. The van der Waals surface area contributed by atoms with E-state index in [1.54, 1.807) is 0 Å². The van der Waals surface area contributed by atoms with Crippen molar-refractivity contribution in [3.63, 3.8) is 0 Å². The maximum Gasteiger partial charge on any atom is 0.238 e. The molecule has 1 aliphatic carbocycles. The second-order valence-corrected chi connectivity index (χ2v) is 17.6. The minimum Gasteiger partial charge on any atom is -0.278 e. The Kier molecular flexibility index (Phi) is 7.92. The highest BCUT2D eigenvalue weighted by atomic mass is 15.2. The summed E-state index contributed by atoms with van der Waals surface area (Å²) in [7, 11) is 0. The molecule has 300 valence electrons. The van der Waals surface area contributed by atoms with Crippen LogP contribution in [0, 0.1) is 0 Å². The molecule has 4 nitrogen and oxygen atoms in total. The molecule has 0 saturated heterocycles. The lowest BCUT2D eigenvalue weighted by Crippen LogP contribution is -2.15. The molecule has 12 aromatic rings. The molecule has 1 aliphatic rings. The molecule has 0 radical (unpaired) electrons. The van der Waals surface area contributed by atoms with E-state index in [0.717, 1.165) is 44.1 Å². The van der Waals surface area contributed by atoms with Crippen molar-refractivity contribution in [3.05, 3.63) is 217 Å². The highest BCUT2D eigenvalue weighted by Crippen LogP contribution is 2.51. The number of aromatic nitrogens is 4. The molecule has 0 N–H and O–H groups in total.